The zero-order valence-corrected chi connectivity index (χ0v) is 16.1. The molecule has 0 aliphatic heterocycles. The van der Waals surface area contributed by atoms with E-state index < -0.39 is 0 Å². The van der Waals surface area contributed by atoms with E-state index in [1.807, 2.05) is 67.6 Å². The number of aryl methyl sites for hydroxylation is 1. The molecule has 0 aliphatic carbocycles. The molecule has 0 spiro atoms. The Morgan fingerprint density at radius 1 is 0.760 bits per heavy atom. The van der Waals surface area contributed by atoms with E-state index >= 15 is 0 Å². The Morgan fingerprint density at radius 3 is 2.08 bits per heavy atom. The first-order chi connectivity index (χ1) is 11.8. The Morgan fingerprint density at radius 2 is 1.48 bits per heavy atom. The van der Waals surface area contributed by atoms with Crippen LogP contribution in [0.5, 0.6) is 0 Å². The topological polar surface area (TPSA) is 54.0 Å². The summed E-state index contributed by atoms with van der Waals surface area (Å²) in [7, 11) is 0. The van der Waals surface area contributed by atoms with Gasteiger partial charge in [0.15, 0.2) is 0 Å². The van der Waals surface area contributed by atoms with Crippen molar-refractivity contribution >= 4 is 0 Å². The van der Waals surface area contributed by atoms with Gasteiger partial charge < -0.3 is 9.97 Å². The molecule has 0 fully saturated rings. The minimum Gasteiger partial charge on any atom is -0.670 e. The van der Waals surface area contributed by atoms with Crippen LogP contribution in [0.15, 0.2) is 79.3 Å². The summed E-state index contributed by atoms with van der Waals surface area (Å²) >= 11 is 0. The smallest absolute Gasteiger partial charge is 0.670 e. The molecule has 0 saturated heterocycles. The maximum atomic E-state index is 4.64. The number of hydrogen-bond acceptors (Lipinski definition) is 2. The van der Waals surface area contributed by atoms with Crippen molar-refractivity contribution in [2.75, 3.05) is 0 Å². The van der Waals surface area contributed by atoms with E-state index in [2.05, 4.69) is 19.9 Å². The Hall–Kier alpha value is -2.45. The molecular formula is C20H18N4Pt. The third-order valence-electron chi connectivity index (χ3n) is 3.39. The van der Waals surface area contributed by atoms with Crippen LogP contribution in [0.1, 0.15) is 17.1 Å². The van der Waals surface area contributed by atoms with Crippen molar-refractivity contribution in [3.05, 3.63) is 96.3 Å². The molecule has 128 valence electrons. The van der Waals surface area contributed by atoms with Gasteiger partial charge in [0.05, 0.1) is 0 Å². The molecule has 0 bridgehead atoms. The third kappa shape index (κ3) is 5.84. The predicted octanol–water partition coefficient (Wildman–Crippen LogP) is 3.64. The van der Waals surface area contributed by atoms with Crippen LogP contribution >= 0.6 is 0 Å². The van der Waals surface area contributed by atoms with Gasteiger partial charge in [-0.15, -0.1) is 5.69 Å². The van der Waals surface area contributed by atoms with Crippen LogP contribution in [0.25, 0.3) is 11.4 Å². The van der Waals surface area contributed by atoms with Crippen molar-refractivity contribution in [2.45, 2.75) is 13.3 Å². The summed E-state index contributed by atoms with van der Waals surface area (Å²) in [5.41, 5.74) is 4.92. The van der Waals surface area contributed by atoms with Gasteiger partial charge in [-0.3, -0.25) is 9.97 Å². The summed E-state index contributed by atoms with van der Waals surface area (Å²) in [6.07, 6.45) is 6.03. The third-order valence-corrected chi connectivity index (χ3v) is 3.39. The number of pyridine rings is 2. The SMILES string of the molecule is Cc1cccc(Cc2cccc(-c3ccc[n-]3)n2)n1.[Pt+2].c1cc[n-]c1. The summed E-state index contributed by atoms with van der Waals surface area (Å²) in [5.74, 6) is 0. The van der Waals surface area contributed by atoms with Gasteiger partial charge in [0.25, 0.3) is 0 Å². The van der Waals surface area contributed by atoms with Crippen LogP contribution in [0.2, 0.25) is 0 Å². The Balaban J connectivity index is 0.000000325. The first kappa shape index (κ1) is 18.9. The van der Waals surface area contributed by atoms with E-state index in [1.54, 1.807) is 18.6 Å². The maximum Gasteiger partial charge on any atom is 2.00 e. The van der Waals surface area contributed by atoms with Crippen LogP contribution < -0.4 is 9.97 Å². The van der Waals surface area contributed by atoms with Crippen LogP contribution in [0.4, 0.5) is 0 Å². The van der Waals surface area contributed by atoms with E-state index in [-0.39, 0.29) is 21.1 Å². The fourth-order valence-electron chi connectivity index (χ4n) is 2.30. The molecule has 0 aromatic carbocycles. The van der Waals surface area contributed by atoms with Gasteiger partial charge in [0.2, 0.25) is 0 Å². The molecule has 0 amide bonds. The molecule has 0 atom stereocenters. The maximum absolute atomic E-state index is 4.64. The Bertz CT molecular complexity index is 838. The van der Waals surface area contributed by atoms with Crippen LogP contribution in [-0.4, -0.2) is 9.97 Å². The zero-order valence-electron chi connectivity index (χ0n) is 13.8. The molecule has 4 nitrogen and oxygen atoms in total. The number of rotatable bonds is 3. The number of aromatic nitrogens is 4. The molecular weight excluding hydrogens is 491 g/mol. The average molecular weight is 509 g/mol. The van der Waals surface area contributed by atoms with Crippen molar-refractivity contribution < 1.29 is 21.1 Å². The summed E-state index contributed by atoms with van der Waals surface area (Å²) < 4.78 is 0. The molecule has 0 aliphatic rings. The van der Waals surface area contributed by atoms with E-state index in [0.717, 1.165) is 34.9 Å². The monoisotopic (exact) mass is 509 g/mol. The molecule has 4 heterocycles. The number of hydrogen-bond donors (Lipinski definition) is 0. The second-order valence-corrected chi connectivity index (χ2v) is 5.32. The van der Waals surface area contributed by atoms with Gasteiger partial charge in [-0.2, -0.15) is 18.6 Å². The summed E-state index contributed by atoms with van der Waals surface area (Å²) in [6, 6.07) is 19.8. The van der Waals surface area contributed by atoms with E-state index in [4.69, 9.17) is 0 Å². The van der Waals surface area contributed by atoms with E-state index in [0.29, 0.717) is 0 Å². The second-order valence-electron chi connectivity index (χ2n) is 5.32. The summed E-state index contributed by atoms with van der Waals surface area (Å²) in [5, 5.41) is 0. The zero-order chi connectivity index (χ0) is 16.6. The van der Waals surface area contributed by atoms with Gasteiger partial charge in [-0.1, -0.05) is 36.4 Å². The summed E-state index contributed by atoms with van der Waals surface area (Å²) in [4.78, 5) is 17.1. The standard InChI is InChI=1S/C16H14N3.C4H4N.Pt/c1-12-5-2-6-13(18-12)11-14-7-3-8-16(19-14)15-9-4-10-17-15;1-2-4-5-3-1;/h2-10H,11H2,1H3;1-4H;/q2*-1;+2. The van der Waals surface area contributed by atoms with Crippen LogP contribution in [-0.2, 0) is 27.5 Å². The predicted molar refractivity (Wildman–Crippen MR) is 94.5 cm³/mol. The second kappa shape index (κ2) is 9.75. The molecule has 4 aromatic heterocycles. The Kier molecular flexibility index (Phi) is 7.36. The van der Waals surface area contributed by atoms with E-state index in [9.17, 15) is 0 Å². The van der Waals surface area contributed by atoms with E-state index in [1.165, 1.54) is 0 Å². The molecule has 4 rings (SSSR count). The molecule has 0 radical (unpaired) electrons. The van der Waals surface area contributed by atoms with Gasteiger partial charge in [-0.25, -0.2) is 0 Å². The minimum absolute atomic E-state index is 0. The van der Waals surface area contributed by atoms with Crippen LogP contribution in [0, 0.1) is 6.92 Å². The first-order valence-electron chi connectivity index (χ1n) is 7.79. The molecule has 0 N–H and O–H groups in total. The van der Waals surface area contributed by atoms with Gasteiger partial charge >= 0.3 is 21.1 Å². The largest absolute Gasteiger partial charge is 2.00 e. The fourth-order valence-corrected chi connectivity index (χ4v) is 2.30. The van der Waals surface area contributed by atoms with Crippen molar-refractivity contribution in [1.29, 1.82) is 0 Å². The van der Waals surface area contributed by atoms with Crippen molar-refractivity contribution in [2.24, 2.45) is 0 Å². The first-order valence-corrected chi connectivity index (χ1v) is 7.79. The fraction of sp³-hybridized carbons (Fsp3) is 0.100. The van der Waals surface area contributed by atoms with Gasteiger partial charge in [0, 0.05) is 29.2 Å². The average Bonchev–Trinajstić information content (AvgIpc) is 3.32. The minimum atomic E-state index is 0. The van der Waals surface area contributed by atoms with Gasteiger partial charge in [-0.05, 0) is 31.2 Å². The number of nitrogens with zero attached hydrogens (tertiary/aromatic N) is 4. The van der Waals surface area contributed by atoms with Crippen LogP contribution in [0.3, 0.4) is 0 Å². The molecule has 25 heavy (non-hydrogen) atoms. The Labute approximate surface area is 162 Å². The molecule has 5 heteroatoms. The quantitative estimate of drug-likeness (QED) is 0.423. The van der Waals surface area contributed by atoms with Crippen molar-refractivity contribution in [3.8, 4) is 11.4 Å². The molecule has 0 saturated carbocycles. The molecule has 4 aromatic rings. The molecule has 0 unspecified atom stereocenters. The van der Waals surface area contributed by atoms with Gasteiger partial charge in [0.1, 0.15) is 0 Å². The van der Waals surface area contributed by atoms with Crippen molar-refractivity contribution in [3.63, 3.8) is 0 Å². The van der Waals surface area contributed by atoms with Crippen molar-refractivity contribution in [1.82, 2.24) is 19.9 Å². The normalized spacial score (nSPS) is 9.64. The summed E-state index contributed by atoms with van der Waals surface area (Å²) in [6.45, 7) is 2.00.